The molecule has 2 rings (SSSR count). The average Bonchev–Trinajstić information content (AvgIpc) is 2.63. The molecule has 0 aliphatic carbocycles. The molecule has 170 valence electrons. The summed E-state index contributed by atoms with van der Waals surface area (Å²) < 4.78 is 82.1. The van der Waals surface area contributed by atoms with Gasteiger partial charge in [-0.25, -0.2) is 9.78 Å². The fourth-order valence-corrected chi connectivity index (χ4v) is 2.41. The Bertz CT molecular complexity index is 906. The van der Waals surface area contributed by atoms with E-state index in [-0.39, 0.29) is 28.8 Å². The van der Waals surface area contributed by atoms with Crippen LogP contribution in [-0.4, -0.2) is 35.1 Å². The molecular formula is C17H15ClF6N4O3. The van der Waals surface area contributed by atoms with E-state index in [1.807, 2.05) is 0 Å². The van der Waals surface area contributed by atoms with Gasteiger partial charge in [0.15, 0.2) is 6.61 Å². The van der Waals surface area contributed by atoms with Gasteiger partial charge >= 0.3 is 18.6 Å². The molecule has 2 aromatic rings. The molecule has 0 aliphatic heterocycles. The third-order valence-corrected chi connectivity index (χ3v) is 3.70. The number of carbonyl (C=O) groups is 1. The SMILES string of the molecule is CCCc1nc(NC(=O)Nc2ccc(OC(F)(F)F)cc2)nc(OCC(F)(F)F)c1Cl. The number of aryl methyl sites for hydroxylation is 1. The lowest BCUT2D eigenvalue weighted by molar-refractivity contribution is -0.274. The van der Waals surface area contributed by atoms with Crippen molar-refractivity contribution in [1.82, 2.24) is 9.97 Å². The number of anilines is 2. The quantitative estimate of drug-likeness (QED) is 0.515. The topological polar surface area (TPSA) is 85.4 Å². The Labute approximate surface area is 176 Å². The molecule has 31 heavy (non-hydrogen) atoms. The predicted octanol–water partition coefficient (Wildman–Crippen LogP) is 5.57. The molecule has 0 saturated heterocycles. The normalized spacial score (nSPS) is 11.7. The third kappa shape index (κ3) is 8.36. The average molecular weight is 473 g/mol. The summed E-state index contributed by atoms with van der Waals surface area (Å²) in [6.45, 7) is 0.133. The first-order valence-electron chi connectivity index (χ1n) is 8.56. The van der Waals surface area contributed by atoms with Crippen LogP contribution in [0.5, 0.6) is 11.6 Å². The van der Waals surface area contributed by atoms with Crippen LogP contribution in [0.15, 0.2) is 24.3 Å². The highest BCUT2D eigenvalue weighted by atomic mass is 35.5. The number of nitrogens with zero attached hydrogens (tertiary/aromatic N) is 2. The Hall–Kier alpha value is -2.96. The van der Waals surface area contributed by atoms with Gasteiger partial charge in [-0.05, 0) is 30.7 Å². The van der Waals surface area contributed by atoms with Gasteiger partial charge < -0.3 is 14.8 Å². The third-order valence-electron chi connectivity index (χ3n) is 3.32. The fourth-order valence-electron chi connectivity index (χ4n) is 2.18. The Balaban J connectivity index is 2.11. The first-order valence-corrected chi connectivity index (χ1v) is 8.94. The van der Waals surface area contributed by atoms with Gasteiger partial charge in [-0.1, -0.05) is 24.9 Å². The van der Waals surface area contributed by atoms with E-state index in [9.17, 15) is 31.1 Å². The van der Waals surface area contributed by atoms with Gasteiger partial charge in [0.25, 0.3) is 0 Å². The molecule has 1 aromatic carbocycles. The molecule has 0 spiro atoms. The Morgan fingerprint density at radius 2 is 1.71 bits per heavy atom. The highest BCUT2D eigenvalue weighted by molar-refractivity contribution is 6.32. The molecule has 0 unspecified atom stereocenters. The second kappa shape index (κ2) is 9.90. The number of hydrogen-bond donors (Lipinski definition) is 2. The first kappa shape index (κ1) is 24.3. The monoisotopic (exact) mass is 472 g/mol. The maximum atomic E-state index is 12.4. The number of urea groups is 1. The molecule has 0 bridgehead atoms. The number of nitrogens with one attached hydrogen (secondary N) is 2. The van der Waals surface area contributed by atoms with E-state index in [4.69, 9.17) is 11.6 Å². The van der Waals surface area contributed by atoms with E-state index < -0.39 is 36.8 Å². The summed E-state index contributed by atoms with van der Waals surface area (Å²) in [7, 11) is 0. The highest BCUT2D eigenvalue weighted by Crippen LogP contribution is 2.29. The van der Waals surface area contributed by atoms with Crippen molar-refractivity contribution in [3.05, 3.63) is 35.0 Å². The van der Waals surface area contributed by atoms with Crippen molar-refractivity contribution in [2.24, 2.45) is 0 Å². The summed E-state index contributed by atoms with van der Waals surface area (Å²) in [6.07, 6.45) is -8.67. The van der Waals surface area contributed by atoms with Crippen molar-refractivity contribution in [2.75, 3.05) is 17.2 Å². The summed E-state index contributed by atoms with van der Waals surface area (Å²) in [5.41, 5.74) is 0.267. The maximum Gasteiger partial charge on any atom is 0.573 e. The predicted molar refractivity (Wildman–Crippen MR) is 98.4 cm³/mol. The molecule has 0 aliphatic rings. The molecule has 14 heteroatoms. The number of aromatic nitrogens is 2. The fraction of sp³-hybridized carbons (Fsp3) is 0.353. The molecule has 0 saturated carbocycles. The number of ether oxygens (including phenoxy) is 2. The van der Waals surface area contributed by atoms with Crippen molar-refractivity contribution < 1.29 is 40.6 Å². The molecule has 0 atom stereocenters. The number of rotatable bonds is 7. The Kier molecular flexibility index (Phi) is 7.76. The number of benzene rings is 1. The van der Waals surface area contributed by atoms with E-state index in [2.05, 4.69) is 30.1 Å². The largest absolute Gasteiger partial charge is 0.573 e. The van der Waals surface area contributed by atoms with Crippen LogP contribution in [0.4, 0.5) is 42.8 Å². The Morgan fingerprint density at radius 1 is 1.06 bits per heavy atom. The van der Waals surface area contributed by atoms with E-state index >= 15 is 0 Å². The van der Waals surface area contributed by atoms with Crippen molar-refractivity contribution in [3.63, 3.8) is 0 Å². The number of hydrogen-bond acceptors (Lipinski definition) is 5. The summed E-state index contributed by atoms with van der Waals surface area (Å²) >= 11 is 5.98. The summed E-state index contributed by atoms with van der Waals surface area (Å²) in [5, 5.41) is 4.29. The van der Waals surface area contributed by atoms with Crippen LogP contribution in [0.1, 0.15) is 19.0 Å². The van der Waals surface area contributed by atoms with Gasteiger partial charge in [0, 0.05) is 5.69 Å². The number of halogens is 7. The van der Waals surface area contributed by atoms with Crippen LogP contribution in [0.3, 0.4) is 0 Å². The van der Waals surface area contributed by atoms with Gasteiger partial charge in [-0.3, -0.25) is 5.32 Å². The molecule has 0 fully saturated rings. The van der Waals surface area contributed by atoms with Gasteiger partial charge in [0.2, 0.25) is 11.8 Å². The second-order valence-corrected chi connectivity index (χ2v) is 6.30. The standard InChI is InChI=1S/C17H15ClF6N4O3/c1-2-3-11-12(18)13(30-8-16(19,20)21)27-14(26-11)28-15(29)25-9-4-6-10(7-5-9)31-17(22,23)24/h4-7H,2-3,8H2,1H3,(H2,25,26,27,28,29). The van der Waals surface area contributed by atoms with E-state index in [1.54, 1.807) is 6.92 Å². The highest BCUT2D eigenvalue weighted by Gasteiger charge is 2.31. The van der Waals surface area contributed by atoms with Crippen LogP contribution < -0.4 is 20.1 Å². The molecule has 2 amide bonds. The molecule has 7 nitrogen and oxygen atoms in total. The lowest BCUT2D eigenvalue weighted by Gasteiger charge is -2.14. The van der Waals surface area contributed by atoms with Crippen molar-refractivity contribution in [3.8, 4) is 11.6 Å². The van der Waals surface area contributed by atoms with E-state index in [0.29, 0.717) is 6.42 Å². The summed E-state index contributed by atoms with van der Waals surface area (Å²) in [6, 6.07) is 3.33. The van der Waals surface area contributed by atoms with E-state index in [0.717, 1.165) is 24.3 Å². The zero-order valence-electron chi connectivity index (χ0n) is 15.7. The molecular weight excluding hydrogens is 458 g/mol. The van der Waals surface area contributed by atoms with Gasteiger partial charge in [-0.15, -0.1) is 13.2 Å². The molecule has 0 radical (unpaired) electrons. The molecule has 1 aromatic heterocycles. The Morgan fingerprint density at radius 3 is 2.26 bits per heavy atom. The van der Waals surface area contributed by atoms with Gasteiger partial charge in [-0.2, -0.15) is 18.2 Å². The zero-order chi connectivity index (χ0) is 23.2. The second-order valence-electron chi connectivity index (χ2n) is 5.92. The summed E-state index contributed by atoms with van der Waals surface area (Å²) in [5.74, 6) is -1.42. The lowest BCUT2D eigenvalue weighted by atomic mass is 10.2. The minimum absolute atomic E-state index is 0.100. The molecule has 2 N–H and O–H groups in total. The smallest absolute Gasteiger partial charge is 0.467 e. The number of carbonyl (C=O) groups excluding carboxylic acids is 1. The minimum atomic E-state index is -4.86. The van der Waals surface area contributed by atoms with Crippen molar-refractivity contribution in [1.29, 1.82) is 0 Å². The first-order chi connectivity index (χ1) is 14.4. The number of alkyl halides is 6. The van der Waals surface area contributed by atoms with Crippen molar-refractivity contribution in [2.45, 2.75) is 32.3 Å². The zero-order valence-corrected chi connectivity index (χ0v) is 16.5. The van der Waals surface area contributed by atoms with E-state index in [1.165, 1.54) is 0 Å². The number of amides is 2. The van der Waals surface area contributed by atoms with Gasteiger partial charge in [0.05, 0.1) is 5.69 Å². The molecule has 1 heterocycles. The maximum absolute atomic E-state index is 12.4. The lowest BCUT2D eigenvalue weighted by Crippen LogP contribution is -2.23. The van der Waals surface area contributed by atoms with Crippen LogP contribution >= 0.6 is 11.6 Å². The van der Waals surface area contributed by atoms with Crippen LogP contribution in [0.2, 0.25) is 5.02 Å². The van der Waals surface area contributed by atoms with Crippen LogP contribution in [0, 0.1) is 0 Å². The van der Waals surface area contributed by atoms with Crippen LogP contribution in [-0.2, 0) is 6.42 Å². The van der Waals surface area contributed by atoms with Crippen LogP contribution in [0.25, 0.3) is 0 Å². The summed E-state index contributed by atoms with van der Waals surface area (Å²) in [4.78, 5) is 19.8. The minimum Gasteiger partial charge on any atom is -0.467 e. The van der Waals surface area contributed by atoms with Crippen molar-refractivity contribution >= 4 is 29.3 Å². The van der Waals surface area contributed by atoms with Gasteiger partial charge in [0.1, 0.15) is 10.8 Å².